The summed E-state index contributed by atoms with van der Waals surface area (Å²) < 4.78 is 45.2. The molecule has 0 spiro atoms. The van der Waals surface area contributed by atoms with Crippen molar-refractivity contribution in [1.82, 2.24) is 10.6 Å². The molecule has 1 heterocycles. The summed E-state index contributed by atoms with van der Waals surface area (Å²) in [4.78, 5) is 101. The van der Waals surface area contributed by atoms with Crippen molar-refractivity contribution in [2.24, 2.45) is 5.92 Å². The number of nitrogens with one attached hydrogen (secondary N) is 2. The molecule has 398 valence electrons. The number of anilines is 1. The zero-order valence-corrected chi connectivity index (χ0v) is 42.6. The van der Waals surface area contributed by atoms with Gasteiger partial charge in [-0.1, -0.05) is 74.9 Å². The molecular formula is C54H70FN3O15. The summed E-state index contributed by atoms with van der Waals surface area (Å²) in [5, 5.41) is 16.4. The van der Waals surface area contributed by atoms with Crippen molar-refractivity contribution < 1.29 is 76.3 Å². The van der Waals surface area contributed by atoms with Crippen LogP contribution in [0.4, 0.5) is 10.1 Å². The molecule has 7 atom stereocenters. The molecule has 18 nitrogen and oxygen atoms in total. The number of methoxy groups -OCH3 is 1. The average Bonchev–Trinajstić information content (AvgIpc) is 3.34. The number of aliphatic hydroxyl groups excluding tert-OH is 1. The third kappa shape index (κ3) is 19.9. The second-order valence-corrected chi connectivity index (χ2v) is 18.0. The van der Waals surface area contributed by atoms with Crippen molar-refractivity contribution in [2.75, 3.05) is 25.2 Å². The SMILES string of the molecule is COc1ccc(C2[C@@H](CC[C@H](O)c3ccc(F)cc3)C(=O)N2c2ccc(CNC(=O)CCCCCCCCCCC(=O)NC[C@H](OC(C)=O)[C@@H](OC(C)=O)[C@H](OC(C)=O)[C@@H](COC(C)=O)OC(C)=O)cc2)cc1. The second-order valence-electron chi connectivity index (χ2n) is 18.0. The fourth-order valence-corrected chi connectivity index (χ4v) is 8.63. The topological polar surface area (TPSA) is 239 Å². The minimum atomic E-state index is -1.60. The quantitative estimate of drug-likeness (QED) is 0.0255. The lowest BCUT2D eigenvalue weighted by molar-refractivity contribution is -0.202. The third-order valence-electron chi connectivity index (χ3n) is 12.2. The maximum atomic E-state index is 13.7. The van der Waals surface area contributed by atoms with Crippen LogP contribution in [0.5, 0.6) is 5.75 Å². The monoisotopic (exact) mass is 1020 g/mol. The van der Waals surface area contributed by atoms with Crippen LogP contribution in [0.2, 0.25) is 0 Å². The molecule has 1 aliphatic heterocycles. The van der Waals surface area contributed by atoms with Crippen LogP contribution in [-0.2, 0) is 68.6 Å². The fraction of sp³-hybridized carbons (Fsp3) is 0.519. The van der Waals surface area contributed by atoms with E-state index < -0.39 is 67.0 Å². The molecular weight excluding hydrogens is 950 g/mol. The first-order valence-electron chi connectivity index (χ1n) is 24.7. The van der Waals surface area contributed by atoms with Crippen LogP contribution in [0.15, 0.2) is 72.8 Å². The number of ether oxygens (including phenoxy) is 6. The molecule has 0 saturated carbocycles. The van der Waals surface area contributed by atoms with E-state index in [1.807, 2.05) is 48.5 Å². The number of carbonyl (C=O) groups is 8. The number of rotatable bonds is 31. The highest BCUT2D eigenvalue weighted by Gasteiger charge is 2.48. The molecule has 1 aliphatic rings. The standard InChI is InChI=1S/C54H70FN3O15/c1-34(59)69-33-48(71-36(3)61)53(73-38(5)63)52(72-37(4)62)47(70-35(2)60)32-57-50(66)16-14-12-10-8-7-9-11-13-15-49(65)56-31-39-17-25-43(26-18-39)58-51(41-21-27-44(68-6)28-22-41)45(54(58)67)29-30-46(64)40-19-23-42(55)24-20-40/h17-28,45-48,51-53,64H,7-16,29-33H2,1-6H3,(H,56,65)(H,57,66)/t45-,46+,47+,48-,51?,52-,53-/m1/s1. The van der Waals surface area contributed by atoms with E-state index in [-0.39, 0.29) is 48.5 Å². The Kier molecular flexibility index (Phi) is 24.3. The van der Waals surface area contributed by atoms with Gasteiger partial charge in [0.2, 0.25) is 17.7 Å². The summed E-state index contributed by atoms with van der Waals surface area (Å²) in [6.45, 7) is 4.78. The first-order valence-corrected chi connectivity index (χ1v) is 24.7. The van der Waals surface area contributed by atoms with Gasteiger partial charge in [-0.2, -0.15) is 0 Å². The molecule has 73 heavy (non-hydrogen) atoms. The van der Waals surface area contributed by atoms with E-state index in [2.05, 4.69) is 10.6 Å². The van der Waals surface area contributed by atoms with Gasteiger partial charge in [0.1, 0.15) is 18.2 Å². The zero-order chi connectivity index (χ0) is 53.5. The molecule has 0 aromatic heterocycles. The van der Waals surface area contributed by atoms with Gasteiger partial charge >= 0.3 is 29.8 Å². The Bertz CT molecular complexity index is 2290. The maximum Gasteiger partial charge on any atom is 0.303 e. The highest BCUT2D eigenvalue weighted by molar-refractivity contribution is 6.03. The Morgan fingerprint density at radius 2 is 1.14 bits per heavy atom. The van der Waals surface area contributed by atoms with Gasteiger partial charge in [0.25, 0.3) is 0 Å². The molecule has 4 rings (SSSR count). The number of β-lactam (4-membered cyclic amide) rings is 1. The fourth-order valence-electron chi connectivity index (χ4n) is 8.63. The number of nitrogens with zero attached hydrogens (tertiary/aromatic N) is 1. The van der Waals surface area contributed by atoms with Gasteiger partial charge < -0.3 is 49.1 Å². The van der Waals surface area contributed by atoms with Crippen molar-refractivity contribution in [2.45, 2.75) is 155 Å². The normalized spacial score (nSPS) is 16.1. The second kappa shape index (κ2) is 30.2. The van der Waals surface area contributed by atoms with Crippen molar-refractivity contribution >= 4 is 53.3 Å². The van der Waals surface area contributed by atoms with E-state index in [0.29, 0.717) is 43.5 Å². The van der Waals surface area contributed by atoms with E-state index in [9.17, 15) is 47.9 Å². The lowest BCUT2D eigenvalue weighted by Crippen LogP contribution is -2.55. The highest BCUT2D eigenvalue weighted by atomic mass is 19.1. The van der Waals surface area contributed by atoms with Gasteiger partial charge in [-0.05, 0) is 78.8 Å². The number of benzene rings is 3. The van der Waals surface area contributed by atoms with Crippen LogP contribution in [0, 0.1) is 11.7 Å². The predicted molar refractivity (Wildman–Crippen MR) is 264 cm³/mol. The van der Waals surface area contributed by atoms with E-state index in [4.69, 9.17) is 28.4 Å². The van der Waals surface area contributed by atoms with Crippen LogP contribution >= 0.6 is 0 Å². The molecule has 3 aromatic rings. The lowest BCUT2D eigenvalue weighted by Gasteiger charge is -2.48. The summed E-state index contributed by atoms with van der Waals surface area (Å²) in [7, 11) is 1.59. The van der Waals surface area contributed by atoms with Crippen LogP contribution in [0.25, 0.3) is 0 Å². The molecule has 1 fully saturated rings. The van der Waals surface area contributed by atoms with Crippen molar-refractivity contribution in [3.05, 3.63) is 95.3 Å². The molecule has 1 saturated heterocycles. The Hall–Kier alpha value is -6.89. The summed E-state index contributed by atoms with van der Waals surface area (Å²) in [6.07, 6.45) is 1.16. The minimum Gasteiger partial charge on any atom is -0.497 e. The van der Waals surface area contributed by atoms with E-state index in [1.165, 1.54) is 12.1 Å². The minimum absolute atomic E-state index is 0.0544. The molecule has 3 aromatic carbocycles. The van der Waals surface area contributed by atoms with E-state index >= 15 is 0 Å². The van der Waals surface area contributed by atoms with Crippen LogP contribution in [0.1, 0.15) is 141 Å². The maximum absolute atomic E-state index is 13.7. The molecule has 0 aliphatic carbocycles. The average molecular weight is 1020 g/mol. The summed E-state index contributed by atoms with van der Waals surface area (Å²) in [6, 6.07) is 20.6. The predicted octanol–water partition coefficient (Wildman–Crippen LogP) is 6.98. The molecule has 1 unspecified atom stereocenters. The Morgan fingerprint density at radius 1 is 0.630 bits per heavy atom. The smallest absolute Gasteiger partial charge is 0.303 e. The molecule has 3 N–H and O–H groups in total. The van der Waals surface area contributed by atoms with Gasteiger partial charge in [-0.3, -0.25) is 38.4 Å². The lowest BCUT2D eigenvalue weighted by atomic mass is 9.78. The van der Waals surface area contributed by atoms with E-state index in [1.54, 1.807) is 24.1 Å². The van der Waals surface area contributed by atoms with Crippen LogP contribution in [-0.4, -0.2) is 97.4 Å². The number of hydrogen-bond donors (Lipinski definition) is 3. The van der Waals surface area contributed by atoms with Gasteiger partial charge in [0.05, 0.1) is 31.7 Å². The number of esters is 5. The Labute approximate surface area is 425 Å². The van der Waals surface area contributed by atoms with Gasteiger partial charge in [-0.25, -0.2) is 4.39 Å². The highest BCUT2D eigenvalue weighted by Crippen LogP contribution is 2.46. The largest absolute Gasteiger partial charge is 0.497 e. The zero-order valence-electron chi connectivity index (χ0n) is 42.6. The number of amides is 3. The third-order valence-corrected chi connectivity index (χ3v) is 12.2. The first kappa shape index (κ1) is 58.7. The number of unbranched alkanes of at least 4 members (excludes halogenated alkanes) is 7. The number of halogens is 1. The van der Waals surface area contributed by atoms with Gasteiger partial charge in [0, 0.05) is 59.7 Å². The molecule has 3 amide bonds. The molecule has 0 radical (unpaired) electrons. The Balaban J connectivity index is 1.15. The Morgan fingerprint density at radius 3 is 1.66 bits per heavy atom. The van der Waals surface area contributed by atoms with Crippen molar-refractivity contribution in [3.63, 3.8) is 0 Å². The summed E-state index contributed by atoms with van der Waals surface area (Å²) >= 11 is 0. The van der Waals surface area contributed by atoms with Crippen molar-refractivity contribution in [1.29, 1.82) is 0 Å². The summed E-state index contributed by atoms with van der Waals surface area (Å²) in [5.74, 6) is -4.65. The number of carbonyl (C=O) groups excluding carboxylic acids is 8. The van der Waals surface area contributed by atoms with Gasteiger partial charge in [-0.15, -0.1) is 0 Å². The summed E-state index contributed by atoms with van der Waals surface area (Å²) in [5.41, 5.74) is 3.13. The molecule has 0 bridgehead atoms. The molecule has 19 heteroatoms. The van der Waals surface area contributed by atoms with Gasteiger partial charge in [0.15, 0.2) is 24.4 Å². The van der Waals surface area contributed by atoms with Crippen LogP contribution in [0.3, 0.4) is 0 Å². The van der Waals surface area contributed by atoms with Crippen molar-refractivity contribution in [3.8, 4) is 5.75 Å². The number of hydrogen-bond acceptors (Lipinski definition) is 15. The first-order chi connectivity index (χ1) is 34.9. The number of aliphatic hydroxyl groups is 1. The van der Waals surface area contributed by atoms with Crippen LogP contribution < -0.4 is 20.3 Å². The van der Waals surface area contributed by atoms with E-state index in [0.717, 1.165) is 96.4 Å².